The van der Waals surface area contributed by atoms with Crippen molar-refractivity contribution in [2.75, 3.05) is 16.3 Å². The molecular formula is C28H28N2O5. The average Bonchev–Trinajstić information content (AvgIpc) is 3.32. The number of carbonyl (C=O) groups excluding carboxylic acids is 4. The van der Waals surface area contributed by atoms with Gasteiger partial charge in [0, 0.05) is 18.7 Å². The molecule has 2 aliphatic heterocycles. The zero-order valence-corrected chi connectivity index (χ0v) is 20.1. The second-order valence-corrected chi connectivity index (χ2v) is 9.83. The summed E-state index contributed by atoms with van der Waals surface area (Å²) in [6.45, 7) is 6.00. The Kier molecular flexibility index (Phi) is 5.79. The Morgan fingerprint density at radius 1 is 0.943 bits per heavy atom. The lowest BCUT2D eigenvalue weighted by atomic mass is 9.82. The maximum absolute atomic E-state index is 13.0. The molecule has 2 fully saturated rings. The molecule has 2 aromatic rings. The molecule has 0 spiro atoms. The van der Waals surface area contributed by atoms with E-state index >= 15 is 0 Å². The van der Waals surface area contributed by atoms with Gasteiger partial charge in [-0.1, -0.05) is 23.8 Å². The van der Waals surface area contributed by atoms with Gasteiger partial charge < -0.3 is 9.64 Å². The molecule has 0 saturated carbocycles. The summed E-state index contributed by atoms with van der Waals surface area (Å²) in [7, 11) is 0. The number of hydrogen-bond acceptors (Lipinski definition) is 5. The van der Waals surface area contributed by atoms with Gasteiger partial charge >= 0.3 is 5.97 Å². The standard InChI is InChI=1S/C28H28N2O5/c1-16-5-4-6-20(11-16)29-15-19(14-25(29)31)28(34)35-21-8-10-24(18(3)13-21)30-26(32)22-9-7-17(2)12-23(22)27(30)33/h4-8,10-11,13,19,22-23H,9,12,14-15H2,1-3H3/t19-,22-,23+/m0/s1. The van der Waals surface area contributed by atoms with Crippen molar-refractivity contribution in [3.8, 4) is 5.75 Å². The minimum Gasteiger partial charge on any atom is -0.426 e. The van der Waals surface area contributed by atoms with Crippen molar-refractivity contribution < 1.29 is 23.9 Å². The van der Waals surface area contributed by atoms with E-state index < -0.39 is 11.9 Å². The van der Waals surface area contributed by atoms with Crippen LogP contribution in [-0.2, 0) is 19.2 Å². The summed E-state index contributed by atoms with van der Waals surface area (Å²) in [5, 5.41) is 0. The van der Waals surface area contributed by atoms with Crippen LogP contribution in [0.1, 0.15) is 37.3 Å². The summed E-state index contributed by atoms with van der Waals surface area (Å²) < 4.78 is 5.60. The number of imide groups is 1. The van der Waals surface area contributed by atoms with Crippen LogP contribution in [0.5, 0.6) is 5.75 Å². The fraction of sp³-hybridized carbons (Fsp3) is 0.357. The molecule has 3 atom stereocenters. The van der Waals surface area contributed by atoms with E-state index in [0.29, 0.717) is 29.8 Å². The summed E-state index contributed by atoms with van der Waals surface area (Å²) in [4.78, 5) is 54.3. The fourth-order valence-electron chi connectivity index (χ4n) is 5.33. The van der Waals surface area contributed by atoms with Gasteiger partial charge in [0.05, 0.1) is 23.4 Å². The Hall–Kier alpha value is -3.74. The van der Waals surface area contributed by atoms with Crippen LogP contribution in [0.2, 0.25) is 0 Å². The predicted molar refractivity (Wildman–Crippen MR) is 131 cm³/mol. The third kappa shape index (κ3) is 4.16. The molecule has 0 N–H and O–H groups in total. The maximum atomic E-state index is 13.0. The Labute approximate surface area is 204 Å². The van der Waals surface area contributed by atoms with Gasteiger partial charge in [-0.3, -0.25) is 19.2 Å². The highest BCUT2D eigenvalue weighted by molar-refractivity contribution is 6.22. The molecule has 3 aliphatic rings. The zero-order chi connectivity index (χ0) is 24.9. The second kappa shape index (κ2) is 8.80. The smallest absolute Gasteiger partial charge is 0.316 e. The molecular weight excluding hydrogens is 444 g/mol. The number of anilines is 2. The number of benzene rings is 2. The molecule has 2 heterocycles. The minimum absolute atomic E-state index is 0.0941. The Balaban J connectivity index is 1.28. The number of nitrogens with zero attached hydrogens (tertiary/aromatic N) is 2. The molecule has 1 aliphatic carbocycles. The molecule has 180 valence electrons. The van der Waals surface area contributed by atoms with E-state index in [9.17, 15) is 19.2 Å². The third-order valence-electron chi connectivity index (χ3n) is 7.22. The van der Waals surface area contributed by atoms with Gasteiger partial charge in [0.15, 0.2) is 0 Å². The van der Waals surface area contributed by atoms with Gasteiger partial charge in [-0.2, -0.15) is 0 Å². The van der Waals surface area contributed by atoms with Crippen LogP contribution in [0.25, 0.3) is 0 Å². The van der Waals surface area contributed by atoms with Gasteiger partial charge in [0.2, 0.25) is 17.7 Å². The van der Waals surface area contributed by atoms with Crippen molar-refractivity contribution >= 4 is 35.1 Å². The zero-order valence-electron chi connectivity index (χ0n) is 20.1. The molecule has 0 bridgehead atoms. The number of rotatable bonds is 4. The van der Waals surface area contributed by atoms with E-state index in [1.165, 1.54) is 4.90 Å². The fourth-order valence-corrected chi connectivity index (χ4v) is 5.33. The Bertz CT molecular complexity index is 1280. The summed E-state index contributed by atoms with van der Waals surface area (Å²) in [5.74, 6) is -1.77. The minimum atomic E-state index is -0.566. The lowest BCUT2D eigenvalue weighted by Crippen LogP contribution is -2.31. The van der Waals surface area contributed by atoms with Gasteiger partial charge in [-0.15, -0.1) is 0 Å². The first kappa shape index (κ1) is 23.0. The van der Waals surface area contributed by atoms with Crippen LogP contribution in [0.4, 0.5) is 11.4 Å². The van der Waals surface area contributed by atoms with E-state index in [1.54, 1.807) is 30.0 Å². The van der Waals surface area contributed by atoms with E-state index in [0.717, 1.165) is 16.8 Å². The number of ether oxygens (including phenoxy) is 1. The van der Waals surface area contributed by atoms with Gasteiger partial charge in [0.25, 0.3) is 0 Å². The highest BCUT2D eigenvalue weighted by atomic mass is 16.5. The lowest BCUT2D eigenvalue weighted by molar-refractivity contribution is -0.139. The van der Waals surface area contributed by atoms with E-state index in [2.05, 4.69) is 0 Å². The molecule has 7 heteroatoms. The second-order valence-electron chi connectivity index (χ2n) is 9.83. The summed E-state index contributed by atoms with van der Waals surface area (Å²) in [6.07, 6.45) is 3.34. The Morgan fingerprint density at radius 3 is 2.46 bits per heavy atom. The molecule has 0 unspecified atom stereocenters. The number of amides is 3. The topological polar surface area (TPSA) is 84.0 Å². The first-order valence-electron chi connectivity index (χ1n) is 12.0. The van der Waals surface area contributed by atoms with E-state index in [4.69, 9.17) is 4.74 Å². The molecule has 3 amide bonds. The van der Waals surface area contributed by atoms with Crippen LogP contribution >= 0.6 is 0 Å². The number of aryl methyl sites for hydroxylation is 2. The van der Waals surface area contributed by atoms with Crippen LogP contribution in [-0.4, -0.2) is 30.2 Å². The highest BCUT2D eigenvalue weighted by Crippen LogP contribution is 2.41. The van der Waals surface area contributed by atoms with Gasteiger partial charge in [-0.25, -0.2) is 4.90 Å². The Morgan fingerprint density at radius 2 is 1.71 bits per heavy atom. The summed E-state index contributed by atoms with van der Waals surface area (Å²) in [5.41, 5.74) is 4.14. The first-order valence-corrected chi connectivity index (χ1v) is 12.0. The molecule has 5 rings (SSSR count). The van der Waals surface area contributed by atoms with Crippen molar-refractivity contribution in [3.63, 3.8) is 0 Å². The number of allylic oxidation sites excluding steroid dienone is 2. The normalized spacial score (nSPS) is 24.0. The van der Waals surface area contributed by atoms with E-state index in [1.807, 2.05) is 44.2 Å². The summed E-state index contributed by atoms with van der Waals surface area (Å²) in [6, 6.07) is 12.5. The number of hydrogen-bond donors (Lipinski definition) is 0. The summed E-state index contributed by atoms with van der Waals surface area (Å²) >= 11 is 0. The van der Waals surface area contributed by atoms with Crippen molar-refractivity contribution in [3.05, 3.63) is 65.2 Å². The monoisotopic (exact) mass is 472 g/mol. The average molecular weight is 473 g/mol. The highest BCUT2D eigenvalue weighted by Gasteiger charge is 2.49. The van der Waals surface area contributed by atoms with Crippen LogP contribution in [0.15, 0.2) is 54.1 Å². The molecule has 2 aromatic carbocycles. The van der Waals surface area contributed by atoms with Crippen LogP contribution in [0, 0.1) is 31.6 Å². The largest absolute Gasteiger partial charge is 0.426 e. The molecule has 0 aromatic heterocycles. The van der Waals surface area contributed by atoms with E-state index in [-0.39, 0.29) is 42.5 Å². The SMILES string of the molecule is CC1=CC[C@@H]2C(=O)N(c3ccc(OC(=O)[C@H]4CC(=O)N(c5cccc(C)c5)C4)cc3C)C(=O)[C@@H]2C1. The van der Waals surface area contributed by atoms with Crippen molar-refractivity contribution in [1.29, 1.82) is 0 Å². The number of esters is 1. The molecule has 0 radical (unpaired) electrons. The van der Waals surface area contributed by atoms with Gasteiger partial charge in [0.1, 0.15) is 5.75 Å². The predicted octanol–water partition coefficient (Wildman–Crippen LogP) is 4.11. The van der Waals surface area contributed by atoms with Crippen molar-refractivity contribution in [1.82, 2.24) is 0 Å². The molecule has 35 heavy (non-hydrogen) atoms. The van der Waals surface area contributed by atoms with Crippen LogP contribution in [0.3, 0.4) is 0 Å². The van der Waals surface area contributed by atoms with Crippen molar-refractivity contribution in [2.45, 2.75) is 40.0 Å². The maximum Gasteiger partial charge on any atom is 0.316 e. The quantitative estimate of drug-likeness (QED) is 0.289. The van der Waals surface area contributed by atoms with Crippen LogP contribution < -0.4 is 14.5 Å². The first-order chi connectivity index (χ1) is 16.7. The molecule has 7 nitrogen and oxygen atoms in total. The van der Waals surface area contributed by atoms with Gasteiger partial charge in [-0.05, 0) is 75.1 Å². The molecule has 2 saturated heterocycles. The third-order valence-corrected chi connectivity index (χ3v) is 7.22. The van der Waals surface area contributed by atoms with Crippen molar-refractivity contribution in [2.24, 2.45) is 17.8 Å². The lowest BCUT2D eigenvalue weighted by Gasteiger charge is -2.19. The number of fused-ring (bicyclic) bond motifs is 1. The number of carbonyl (C=O) groups is 4.